The normalized spacial score (nSPS) is 17.0. The van der Waals surface area contributed by atoms with Gasteiger partial charge in [-0.1, -0.05) is 12.1 Å². The third-order valence-electron chi connectivity index (χ3n) is 3.77. The predicted octanol–water partition coefficient (Wildman–Crippen LogP) is 4.18. The summed E-state index contributed by atoms with van der Waals surface area (Å²) < 4.78 is 5.26. The van der Waals surface area contributed by atoms with E-state index in [9.17, 15) is 14.7 Å². The number of carbonyl (C=O) groups is 2. The van der Waals surface area contributed by atoms with Gasteiger partial charge in [0.05, 0.1) is 27.7 Å². The minimum Gasteiger partial charge on any atom is -0.507 e. The third kappa shape index (κ3) is 4.23. The zero-order valence-corrected chi connectivity index (χ0v) is 16.9. The topological polar surface area (TPSA) is 79.2 Å². The molecule has 0 radical (unpaired) electrons. The Bertz CT molecular complexity index is 987. The number of aromatic hydroxyl groups is 1. The molecule has 1 fully saturated rings. The van der Waals surface area contributed by atoms with Gasteiger partial charge in [-0.25, -0.2) is 9.79 Å². The molecule has 1 saturated heterocycles. The van der Waals surface area contributed by atoms with Crippen LogP contribution in [-0.2, 0) is 9.53 Å². The lowest BCUT2D eigenvalue weighted by atomic mass is 10.2. The molecule has 0 atom stereocenters. The Hall–Kier alpha value is -2.58. The fraction of sp³-hybridized carbons (Fsp3) is 0.105. The maximum Gasteiger partial charge on any atom is 0.337 e. The van der Waals surface area contributed by atoms with Gasteiger partial charge in [-0.3, -0.25) is 9.69 Å². The zero-order valence-electron chi connectivity index (χ0n) is 14.5. The van der Waals surface area contributed by atoms with Crippen LogP contribution in [0.5, 0.6) is 5.75 Å². The lowest BCUT2D eigenvalue weighted by Gasteiger charge is -2.07. The largest absolute Gasteiger partial charge is 0.507 e. The summed E-state index contributed by atoms with van der Waals surface area (Å²) >= 11 is 4.50. The number of phenolic OH excluding ortho intramolecular Hbond substituents is 1. The first kappa shape index (κ1) is 19.2. The van der Waals surface area contributed by atoms with Crippen LogP contribution in [0.4, 0.5) is 5.69 Å². The number of ether oxygens (including phenoxy) is 1. The average molecular weight is 447 g/mol. The Kier molecular flexibility index (Phi) is 5.67. The van der Waals surface area contributed by atoms with Crippen molar-refractivity contribution in [2.45, 2.75) is 0 Å². The molecule has 3 rings (SSSR count). The van der Waals surface area contributed by atoms with E-state index in [2.05, 4.69) is 20.9 Å². The molecule has 0 aromatic heterocycles. The van der Waals surface area contributed by atoms with Gasteiger partial charge in [-0.2, -0.15) is 0 Å². The van der Waals surface area contributed by atoms with Crippen molar-refractivity contribution in [2.24, 2.45) is 4.99 Å². The molecule has 27 heavy (non-hydrogen) atoms. The SMILES string of the molecule is COC(=O)c1cccc(N=C2SC(=Cc3ccc(O)c(Br)c3)C(=O)N2C)c1. The van der Waals surface area contributed by atoms with Crippen molar-refractivity contribution in [2.75, 3.05) is 14.2 Å². The maximum absolute atomic E-state index is 12.5. The van der Waals surface area contributed by atoms with Crippen molar-refractivity contribution >= 4 is 56.5 Å². The number of aliphatic imine (C=N–C) groups is 1. The van der Waals surface area contributed by atoms with E-state index in [0.717, 1.165) is 5.56 Å². The number of phenols is 1. The van der Waals surface area contributed by atoms with Crippen LogP contribution in [-0.4, -0.2) is 41.2 Å². The highest BCUT2D eigenvalue weighted by atomic mass is 79.9. The van der Waals surface area contributed by atoms with Crippen LogP contribution < -0.4 is 0 Å². The number of amidine groups is 1. The highest BCUT2D eigenvalue weighted by Gasteiger charge is 2.30. The van der Waals surface area contributed by atoms with Crippen molar-refractivity contribution in [3.05, 3.63) is 63.0 Å². The lowest BCUT2D eigenvalue weighted by Crippen LogP contribution is -2.23. The van der Waals surface area contributed by atoms with E-state index < -0.39 is 5.97 Å². The number of amides is 1. The van der Waals surface area contributed by atoms with E-state index in [1.165, 1.54) is 23.8 Å². The number of nitrogens with zero attached hydrogens (tertiary/aromatic N) is 2. The first-order valence-corrected chi connectivity index (χ1v) is 9.43. The smallest absolute Gasteiger partial charge is 0.337 e. The van der Waals surface area contributed by atoms with E-state index in [0.29, 0.717) is 25.8 Å². The van der Waals surface area contributed by atoms with E-state index in [4.69, 9.17) is 4.74 Å². The second-order valence-corrected chi connectivity index (χ2v) is 7.49. The quantitative estimate of drug-likeness (QED) is 0.565. The van der Waals surface area contributed by atoms with E-state index in [-0.39, 0.29) is 11.7 Å². The fourth-order valence-corrected chi connectivity index (χ4v) is 3.73. The highest BCUT2D eigenvalue weighted by Crippen LogP contribution is 2.34. The molecule has 1 N–H and O–H groups in total. The summed E-state index contributed by atoms with van der Waals surface area (Å²) in [5.74, 6) is -0.487. The second kappa shape index (κ2) is 7.98. The average Bonchev–Trinajstić information content (AvgIpc) is 2.92. The van der Waals surface area contributed by atoms with Crippen LogP contribution in [0, 0.1) is 0 Å². The zero-order chi connectivity index (χ0) is 19.6. The standard InChI is InChI=1S/C19H15BrN2O4S/c1-22-17(24)16(9-11-6-7-15(23)14(20)8-11)27-19(22)21-13-5-3-4-12(10-13)18(25)26-2/h3-10,23H,1-2H3. The lowest BCUT2D eigenvalue weighted by molar-refractivity contribution is -0.121. The summed E-state index contributed by atoms with van der Waals surface area (Å²) in [4.78, 5) is 30.6. The van der Waals surface area contributed by atoms with Crippen molar-refractivity contribution < 1.29 is 19.4 Å². The van der Waals surface area contributed by atoms with Gasteiger partial charge in [0.25, 0.3) is 5.91 Å². The molecule has 0 unspecified atom stereocenters. The number of halogens is 1. The fourth-order valence-electron chi connectivity index (χ4n) is 2.35. The number of benzene rings is 2. The molecule has 0 aliphatic carbocycles. The Morgan fingerprint density at radius 1 is 1.30 bits per heavy atom. The Morgan fingerprint density at radius 3 is 2.78 bits per heavy atom. The van der Waals surface area contributed by atoms with Crippen LogP contribution in [0.3, 0.4) is 0 Å². The number of esters is 1. The molecule has 0 spiro atoms. The van der Waals surface area contributed by atoms with Gasteiger partial charge >= 0.3 is 5.97 Å². The number of thioether (sulfide) groups is 1. The van der Waals surface area contributed by atoms with Gasteiger partial charge in [0.2, 0.25) is 0 Å². The summed E-state index contributed by atoms with van der Waals surface area (Å²) in [6.45, 7) is 0. The molecule has 0 saturated carbocycles. The Balaban J connectivity index is 1.89. The van der Waals surface area contributed by atoms with Crippen LogP contribution in [0.15, 0.2) is 56.8 Å². The molecule has 1 aliphatic heterocycles. The number of methoxy groups -OCH3 is 1. The highest BCUT2D eigenvalue weighted by molar-refractivity contribution is 9.10. The monoisotopic (exact) mass is 446 g/mol. The summed E-state index contributed by atoms with van der Waals surface area (Å²) in [6, 6.07) is 11.7. The first-order valence-electron chi connectivity index (χ1n) is 7.82. The van der Waals surface area contributed by atoms with Crippen molar-refractivity contribution in [1.82, 2.24) is 4.90 Å². The molecule has 1 amide bonds. The molecule has 1 heterocycles. The number of hydrogen-bond acceptors (Lipinski definition) is 6. The van der Waals surface area contributed by atoms with Crippen LogP contribution in [0.2, 0.25) is 0 Å². The molecule has 6 nitrogen and oxygen atoms in total. The first-order chi connectivity index (χ1) is 12.9. The number of carbonyl (C=O) groups excluding carboxylic acids is 2. The molecule has 0 bridgehead atoms. The van der Waals surface area contributed by atoms with Gasteiger partial charge < -0.3 is 9.84 Å². The number of rotatable bonds is 3. The van der Waals surface area contributed by atoms with Crippen molar-refractivity contribution in [3.8, 4) is 5.75 Å². The minimum atomic E-state index is -0.445. The van der Waals surface area contributed by atoms with Crippen molar-refractivity contribution in [1.29, 1.82) is 0 Å². The van der Waals surface area contributed by atoms with Crippen LogP contribution in [0.25, 0.3) is 6.08 Å². The third-order valence-corrected chi connectivity index (χ3v) is 5.46. The summed E-state index contributed by atoms with van der Waals surface area (Å²) in [5.41, 5.74) is 1.72. The summed E-state index contributed by atoms with van der Waals surface area (Å²) in [7, 11) is 2.96. The van der Waals surface area contributed by atoms with Gasteiger partial charge in [-0.15, -0.1) is 0 Å². The Morgan fingerprint density at radius 2 is 2.07 bits per heavy atom. The predicted molar refractivity (Wildman–Crippen MR) is 109 cm³/mol. The molecule has 2 aromatic carbocycles. The maximum atomic E-state index is 12.5. The summed E-state index contributed by atoms with van der Waals surface area (Å²) in [6.07, 6.45) is 1.74. The molecule has 8 heteroatoms. The molecular weight excluding hydrogens is 432 g/mol. The van der Waals surface area contributed by atoms with Gasteiger partial charge in [0.15, 0.2) is 5.17 Å². The molecular formula is C19H15BrN2O4S. The number of hydrogen-bond donors (Lipinski definition) is 1. The van der Waals surface area contributed by atoms with Gasteiger partial charge in [0.1, 0.15) is 5.75 Å². The Labute approximate surface area is 168 Å². The summed E-state index contributed by atoms with van der Waals surface area (Å²) in [5, 5.41) is 10.1. The van der Waals surface area contributed by atoms with Crippen LogP contribution in [0.1, 0.15) is 15.9 Å². The molecule has 2 aromatic rings. The van der Waals surface area contributed by atoms with Gasteiger partial charge in [0, 0.05) is 7.05 Å². The second-order valence-electron chi connectivity index (χ2n) is 5.62. The molecule has 1 aliphatic rings. The van der Waals surface area contributed by atoms with E-state index in [1.807, 2.05) is 0 Å². The van der Waals surface area contributed by atoms with E-state index in [1.54, 1.807) is 55.6 Å². The van der Waals surface area contributed by atoms with Gasteiger partial charge in [-0.05, 0) is 69.7 Å². The van der Waals surface area contributed by atoms with Crippen LogP contribution >= 0.6 is 27.7 Å². The van der Waals surface area contributed by atoms with Crippen molar-refractivity contribution in [3.63, 3.8) is 0 Å². The number of likely N-dealkylation sites (N-methyl/N-ethyl adjacent to an activating group) is 1. The minimum absolute atomic E-state index is 0.132. The molecule has 138 valence electrons. The van der Waals surface area contributed by atoms with E-state index >= 15 is 0 Å².